The molecule has 1 aromatic heterocycles. The molecule has 1 aromatic rings. The molecule has 0 fully saturated rings. The van der Waals surface area contributed by atoms with E-state index in [0.29, 0.717) is 12.6 Å². The summed E-state index contributed by atoms with van der Waals surface area (Å²) >= 11 is 0. The predicted octanol–water partition coefficient (Wildman–Crippen LogP) is 1.67. The molecule has 3 nitrogen and oxygen atoms in total. The first kappa shape index (κ1) is 12.0. The molecule has 84 valence electrons. The Labute approximate surface area is 91.1 Å². The van der Waals surface area contributed by atoms with Crippen molar-refractivity contribution in [1.29, 1.82) is 0 Å². The van der Waals surface area contributed by atoms with Gasteiger partial charge in [-0.2, -0.15) is 0 Å². The quantitative estimate of drug-likeness (QED) is 0.816. The van der Waals surface area contributed by atoms with Crippen molar-refractivity contribution in [2.45, 2.75) is 46.8 Å². The average Bonchev–Trinajstić information content (AvgIpc) is 2.17. The molecule has 0 aromatic carbocycles. The van der Waals surface area contributed by atoms with E-state index < -0.39 is 0 Å². The van der Waals surface area contributed by atoms with Gasteiger partial charge in [-0.15, -0.1) is 0 Å². The highest BCUT2D eigenvalue weighted by atomic mass is 16.1. The van der Waals surface area contributed by atoms with Gasteiger partial charge >= 0.3 is 0 Å². The zero-order valence-electron chi connectivity index (χ0n) is 10.0. The van der Waals surface area contributed by atoms with Gasteiger partial charge in [-0.25, -0.2) is 0 Å². The van der Waals surface area contributed by atoms with E-state index in [9.17, 15) is 4.79 Å². The van der Waals surface area contributed by atoms with Crippen LogP contribution in [0.15, 0.2) is 16.9 Å². The maximum Gasteiger partial charge on any atom is 0.255 e. The number of nitrogens with zero attached hydrogens (tertiary/aromatic N) is 1. The molecule has 1 heterocycles. The third-order valence-corrected chi connectivity index (χ3v) is 2.49. The molecule has 0 spiro atoms. The molecule has 0 aliphatic carbocycles. The van der Waals surface area contributed by atoms with Crippen molar-refractivity contribution in [2.24, 2.45) is 0 Å². The van der Waals surface area contributed by atoms with Crippen LogP contribution in [-0.2, 0) is 13.1 Å². The second kappa shape index (κ2) is 5.12. The Morgan fingerprint density at radius 2 is 2.07 bits per heavy atom. The van der Waals surface area contributed by atoms with Gasteiger partial charge in [0.25, 0.3) is 5.56 Å². The van der Waals surface area contributed by atoms with E-state index in [1.807, 2.05) is 26.0 Å². The monoisotopic (exact) mass is 208 g/mol. The van der Waals surface area contributed by atoms with E-state index in [0.717, 1.165) is 17.8 Å². The summed E-state index contributed by atoms with van der Waals surface area (Å²) < 4.78 is 1.80. The lowest BCUT2D eigenvalue weighted by atomic mass is 10.2. The summed E-state index contributed by atoms with van der Waals surface area (Å²) in [6.45, 7) is 9.49. The van der Waals surface area contributed by atoms with E-state index >= 15 is 0 Å². The van der Waals surface area contributed by atoms with Crippen LogP contribution in [0.5, 0.6) is 0 Å². The molecule has 0 bridgehead atoms. The number of hydrogen-bond acceptors (Lipinski definition) is 2. The summed E-state index contributed by atoms with van der Waals surface area (Å²) in [6.07, 6.45) is 0. The number of hydrogen-bond donors (Lipinski definition) is 1. The number of aromatic nitrogens is 1. The fourth-order valence-corrected chi connectivity index (χ4v) is 1.56. The summed E-state index contributed by atoms with van der Waals surface area (Å²) in [7, 11) is 0. The van der Waals surface area contributed by atoms with E-state index in [-0.39, 0.29) is 5.56 Å². The minimum absolute atomic E-state index is 0.130. The van der Waals surface area contributed by atoms with E-state index in [2.05, 4.69) is 19.2 Å². The van der Waals surface area contributed by atoms with E-state index in [1.165, 1.54) is 0 Å². The van der Waals surface area contributed by atoms with E-state index in [4.69, 9.17) is 0 Å². The first-order chi connectivity index (χ1) is 7.06. The average molecular weight is 208 g/mol. The van der Waals surface area contributed by atoms with Crippen molar-refractivity contribution >= 4 is 0 Å². The smallest absolute Gasteiger partial charge is 0.255 e. The van der Waals surface area contributed by atoms with Crippen molar-refractivity contribution in [3.8, 4) is 0 Å². The highest BCUT2D eigenvalue weighted by Crippen LogP contribution is 1.98. The Bertz CT molecular complexity index is 380. The first-order valence-corrected chi connectivity index (χ1v) is 5.49. The van der Waals surface area contributed by atoms with Crippen molar-refractivity contribution in [3.05, 3.63) is 33.7 Å². The Kier molecular flexibility index (Phi) is 4.09. The second-order valence-corrected chi connectivity index (χ2v) is 4.08. The highest BCUT2D eigenvalue weighted by molar-refractivity contribution is 5.15. The first-order valence-electron chi connectivity index (χ1n) is 5.49. The molecule has 0 aliphatic rings. The van der Waals surface area contributed by atoms with Crippen LogP contribution in [0.1, 0.15) is 32.0 Å². The van der Waals surface area contributed by atoms with Gasteiger partial charge in [0.15, 0.2) is 0 Å². The maximum atomic E-state index is 12.0. The Balaban J connectivity index is 2.95. The number of pyridine rings is 1. The molecule has 0 saturated carbocycles. The highest BCUT2D eigenvalue weighted by Gasteiger charge is 2.04. The number of nitrogens with one attached hydrogen (secondary N) is 1. The standard InChI is InChI=1S/C12H20N2O/c1-5-14-10(4)6-7-11(12(14)15)8-13-9(2)3/h6-7,9,13H,5,8H2,1-4H3. The molecular weight excluding hydrogens is 188 g/mol. The Morgan fingerprint density at radius 3 is 2.60 bits per heavy atom. The van der Waals surface area contributed by atoms with Gasteiger partial charge in [0.05, 0.1) is 0 Å². The third kappa shape index (κ3) is 2.93. The van der Waals surface area contributed by atoms with Gasteiger partial charge in [-0.1, -0.05) is 19.9 Å². The van der Waals surface area contributed by atoms with Crippen molar-refractivity contribution in [1.82, 2.24) is 9.88 Å². The van der Waals surface area contributed by atoms with Gasteiger partial charge in [0.1, 0.15) is 0 Å². The van der Waals surface area contributed by atoms with Gasteiger partial charge in [0.2, 0.25) is 0 Å². The van der Waals surface area contributed by atoms with Crippen LogP contribution in [0.25, 0.3) is 0 Å². The molecule has 0 unspecified atom stereocenters. The molecule has 1 rings (SSSR count). The maximum absolute atomic E-state index is 12.0. The largest absolute Gasteiger partial charge is 0.313 e. The minimum Gasteiger partial charge on any atom is -0.313 e. The number of aryl methyl sites for hydroxylation is 1. The molecule has 0 aliphatic heterocycles. The molecule has 0 amide bonds. The van der Waals surface area contributed by atoms with Crippen LogP contribution >= 0.6 is 0 Å². The summed E-state index contributed by atoms with van der Waals surface area (Å²) in [4.78, 5) is 12.0. The molecule has 15 heavy (non-hydrogen) atoms. The molecular formula is C12H20N2O. The van der Waals surface area contributed by atoms with Crippen molar-refractivity contribution < 1.29 is 0 Å². The summed E-state index contributed by atoms with van der Waals surface area (Å²) in [6, 6.07) is 4.32. The lowest BCUT2D eigenvalue weighted by Gasteiger charge is -2.11. The van der Waals surface area contributed by atoms with Crippen molar-refractivity contribution in [3.63, 3.8) is 0 Å². The second-order valence-electron chi connectivity index (χ2n) is 4.08. The predicted molar refractivity (Wildman–Crippen MR) is 63.1 cm³/mol. The topological polar surface area (TPSA) is 34.0 Å². The van der Waals surface area contributed by atoms with Gasteiger partial charge in [-0.05, 0) is 19.9 Å². The van der Waals surface area contributed by atoms with Gasteiger partial charge in [0, 0.05) is 30.4 Å². The molecule has 0 radical (unpaired) electrons. The minimum atomic E-state index is 0.130. The fourth-order valence-electron chi connectivity index (χ4n) is 1.56. The van der Waals surface area contributed by atoms with Crippen LogP contribution in [0, 0.1) is 6.92 Å². The van der Waals surface area contributed by atoms with Crippen LogP contribution in [0.4, 0.5) is 0 Å². The summed E-state index contributed by atoms with van der Waals surface area (Å²) in [5.74, 6) is 0. The lowest BCUT2D eigenvalue weighted by Crippen LogP contribution is -2.30. The Hall–Kier alpha value is -1.09. The summed E-state index contributed by atoms with van der Waals surface area (Å²) in [5, 5.41) is 3.26. The fraction of sp³-hybridized carbons (Fsp3) is 0.583. The van der Waals surface area contributed by atoms with Gasteiger partial charge in [-0.3, -0.25) is 4.79 Å². The SMILES string of the molecule is CCn1c(C)ccc(CNC(C)C)c1=O. The normalized spacial score (nSPS) is 11.0. The van der Waals surface area contributed by atoms with Crippen LogP contribution in [0.2, 0.25) is 0 Å². The zero-order chi connectivity index (χ0) is 11.4. The van der Waals surface area contributed by atoms with Crippen LogP contribution < -0.4 is 10.9 Å². The van der Waals surface area contributed by atoms with Crippen LogP contribution in [-0.4, -0.2) is 10.6 Å². The molecule has 1 N–H and O–H groups in total. The van der Waals surface area contributed by atoms with E-state index in [1.54, 1.807) is 4.57 Å². The molecule has 0 atom stereocenters. The van der Waals surface area contributed by atoms with Gasteiger partial charge < -0.3 is 9.88 Å². The number of rotatable bonds is 4. The third-order valence-electron chi connectivity index (χ3n) is 2.49. The zero-order valence-corrected chi connectivity index (χ0v) is 10.0. The van der Waals surface area contributed by atoms with Crippen molar-refractivity contribution in [2.75, 3.05) is 0 Å². The Morgan fingerprint density at radius 1 is 1.40 bits per heavy atom. The van der Waals surface area contributed by atoms with Crippen LogP contribution in [0.3, 0.4) is 0 Å². The molecule has 3 heteroatoms. The lowest BCUT2D eigenvalue weighted by molar-refractivity contribution is 0.578. The molecule has 0 saturated heterocycles. The summed E-state index contributed by atoms with van der Waals surface area (Å²) in [5.41, 5.74) is 2.00.